The molecule has 0 saturated heterocycles. The summed E-state index contributed by atoms with van der Waals surface area (Å²) in [4.78, 5) is 4.86. The molecular formula is C23H21N3O2S. The van der Waals surface area contributed by atoms with Gasteiger partial charge >= 0.3 is 0 Å². The Balaban J connectivity index is 2.02. The quantitative estimate of drug-likeness (QED) is 0.525. The average molecular weight is 404 g/mol. The second kappa shape index (κ2) is 7.93. The molecule has 0 amide bonds. The third kappa shape index (κ3) is 3.93. The molecule has 0 aliphatic heterocycles. The molecule has 3 aromatic carbocycles. The lowest BCUT2D eigenvalue weighted by atomic mass is 10.2. The highest BCUT2D eigenvalue weighted by atomic mass is 32.2. The number of aromatic nitrogens is 1. The minimum atomic E-state index is -3.85. The fraction of sp³-hybridized carbons (Fsp3) is 0.0870. The second-order valence-corrected chi connectivity index (χ2v) is 8.21. The monoisotopic (exact) mass is 403 g/mol. The number of aryl methyl sites for hydroxylation is 1. The number of fused-ring (bicyclic) bond motifs is 1. The topological polar surface area (TPSA) is 63.5 Å². The van der Waals surface area contributed by atoms with Gasteiger partial charge in [0.15, 0.2) is 0 Å². The van der Waals surface area contributed by atoms with Gasteiger partial charge in [-0.3, -0.25) is 4.72 Å². The van der Waals surface area contributed by atoms with Crippen molar-refractivity contribution in [2.24, 2.45) is 4.99 Å². The van der Waals surface area contributed by atoms with E-state index in [-0.39, 0.29) is 4.90 Å². The van der Waals surface area contributed by atoms with Gasteiger partial charge in [0.25, 0.3) is 10.0 Å². The normalized spacial score (nSPS) is 12.2. The number of hydrogen-bond donors (Lipinski definition) is 1. The molecule has 0 unspecified atom stereocenters. The molecule has 0 aliphatic carbocycles. The number of anilines is 1. The number of pyridine rings is 1. The van der Waals surface area contributed by atoms with E-state index in [2.05, 4.69) is 4.72 Å². The van der Waals surface area contributed by atoms with Crippen LogP contribution in [-0.4, -0.2) is 13.0 Å². The van der Waals surface area contributed by atoms with Crippen molar-refractivity contribution in [3.05, 3.63) is 96.5 Å². The zero-order chi connectivity index (χ0) is 20.3. The van der Waals surface area contributed by atoms with Crippen molar-refractivity contribution in [1.29, 1.82) is 0 Å². The maximum Gasteiger partial charge on any atom is 0.265 e. The lowest BCUT2D eigenvalue weighted by Gasteiger charge is -2.15. The van der Waals surface area contributed by atoms with E-state index in [0.29, 0.717) is 23.3 Å². The first-order valence-corrected chi connectivity index (χ1v) is 10.9. The summed E-state index contributed by atoms with van der Waals surface area (Å²) in [6, 6.07) is 26.0. The van der Waals surface area contributed by atoms with E-state index in [0.717, 1.165) is 10.9 Å². The third-order valence-corrected chi connectivity index (χ3v) is 6.01. The highest BCUT2D eigenvalue weighted by Gasteiger charge is 2.20. The molecule has 1 aromatic heterocycles. The van der Waals surface area contributed by atoms with Gasteiger partial charge in [0.1, 0.15) is 4.90 Å². The van der Waals surface area contributed by atoms with E-state index < -0.39 is 10.0 Å². The molecular weight excluding hydrogens is 382 g/mol. The van der Waals surface area contributed by atoms with Crippen molar-refractivity contribution in [2.75, 3.05) is 4.72 Å². The number of nitrogens with zero attached hydrogens (tertiary/aromatic N) is 2. The molecule has 4 rings (SSSR count). The van der Waals surface area contributed by atoms with Crippen LogP contribution in [-0.2, 0) is 16.6 Å². The van der Waals surface area contributed by atoms with Gasteiger partial charge in [-0.1, -0.05) is 54.6 Å². The molecule has 6 heteroatoms. The van der Waals surface area contributed by atoms with Crippen LogP contribution >= 0.6 is 0 Å². The van der Waals surface area contributed by atoms with E-state index in [1.54, 1.807) is 30.5 Å². The molecule has 0 aliphatic rings. The van der Waals surface area contributed by atoms with Gasteiger partial charge in [0.05, 0.1) is 16.6 Å². The van der Waals surface area contributed by atoms with Crippen molar-refractivity contribution >= 4 is 32.3 Å². The van der Waals surface area contributed by atoms with Gasteiger partial charge in [-0.2, -0.15) is 0 Å². The molecule has 0 saturated carbocycles. The minimum Gasteiger partial charge on any atom is -0.346 e. The van der Waals surface area contributed by atoms with Crippen molar-refractivity contribution < 1.29 is 8.42 Å². The zero-order valence-corrected chi connectivity index (χ0v) is 16.8. The van der Waals surface area contributed by atoms with E-state index in [1.165, 1.54) is 0 Å². The summed E-state index contributed by atoms with van der Waals surface area (Å²) in [5.41, 5.74) is 2.14. The fourth-order valence-corrected chi connectivity index (χ4v) is 4.48. The summed E-state index contributed by atoms with van der Waals surface area (Å²) in [7, 11) is -3.85. The predicted molar refractivity (Wildman–Crippen MR) is 117 cm³/mol. The van der Waals surface area contributed by atoms with Gasteiger partial charge in [0.2, 0.25) is 0 Å². The summed E-state index contributed by atoms with van der Waals surface area (Å²) < 4.78 is 31.3. The lowest BCUT2D eigenvalue weighted by molar-refractivity contribution is 0.598. The first-order valence-electron chi connectivity index (χ1n) is 9.38. The van der Waals surface area contributed by atoms with Crippen molar-refractivity contribution in [3.63, 3.8) is 0 Å². The number of benzene rings is 3. The van der Waals surface area contributed by atoms with Crippen molar-refractivity contribution in [3.8, 4) is 0 Å². The third-order valence-electron chi connectivity index (χ3n) is 4.63. The van der Waals surface area contributed by atoms with Crippen LogP contribution in [0.3, 0.4) is 0 Å². The van der Waals surface area contributed by atoms with Gasteiger partial charge < -0.3 is 4.57 Å². The maximum atomic E-state index is 13.3. The SMILES string of the molecule is CCn1cc(S(=O)(=O)Nc2ccccc2)c(=Nc2ccccc2)c2ccccc21. The highest BCUT2D eigenvalue weighted by Crippen LogP contribution is 2.19. The number of sulfonamides is 1. The second-order valence-electron chi connectivity index (χ2n) is 6.56. The van der Waals surface area contributed by atoms with E-state index in [1.807, 2.05) is 72.2 Å². The molecule has 0 spiro atoms. The largest absolute Gasteiger partial charge is 0.346 e. The Hall–Kier alpha value is -3.38. The first kappa shape index (κ1) is 19.0. The van der Waals surface area contributed by atoms with E-state index in [9.17, 15) is 8.42 Å². The Morgan fingerprint density at radius 1 is 0.862 bits per heavy atom. The van der Waals surface area contributed by atoms with Gasteiger partial charge in [-0.15, -0.1) is 0 Å². The zero-order valence-electron chi connectivity index (χ0n) is 16.0. The van der Waals surface area contributed by atoms with Crippen LogP contribution in [0.15, 0.2) is 101 Å². The van der Waals surface area contributed by atoms with Crippen LogP contribution in [0.4, 0.5) is 11.4 Å². The molecule has 0 fully saturated rings. The van der Waals surface area contributed by atoms with Gasteiger partial charge in [0, 0.05) is 23.8 Å². The summed E-state index contributed by atoms with van der Waals surface area (Å²) in [5.74, 6) is 0. The molecule has 1 N–H and O–H groups in total. The number of nitrogens with one attached hydrogen (secondary N) is 1. The summed E-state index contributed by atoms with van der Waals surface area (Å²) in [6.45, 7) is 2.63. The molecule has 146 valence electrons. The summed E-state index contributed by atoms with van der Waals surface area (Å²) in [6.07, 6.45) is 1.66. The number of rotatable bonds is 5. The molecule has 5 nitrogen and oxygen atoms in total. The Kier molecular flexibility index (Phi) is 5.18. The Bertz CT molecular complexity index is 1310. The maximum absolute atomic E-state index is 13.3. The fourth-order valence-electron chi connectivity index (χ4n) is 3.25. The first-order chi connectivity index (χ1) is 14.1. The molecule has 4 aromatic rings. The predicted octanol–water partition coefficient (Wildman–Crippen LogP) is 4.69. The average Bonchev–Trinajstić information content (AvgIpc) is 2.75. The lowest BCUT2D eigenvalue weighted by Crippen LogP contribution is -2.24. The van der Waals surface area contributed by atoms with Crippen LogP contribution in [0.25, 0.3) is 10.9 Å². The van der Waals surface area contributed by atoms with Gasteiger partial charge in [-0.25, -0.2) is 13.4 Å². The van der Waals surface area contributed by atoms with Crippen LogP contribution in [0.5, 0.6) is 0 Å². The van der Waals surface area contributed by atoms with E-state index >= 15 is 0 Å². The Morgan fingerprint density at radius 3 is 2.17 bits per heavy atom. The molecule has 1 heterocycles. The summed E-state index contributed by atoms with van der Waals surface area (Å²) >= 11 is 0. The molecule has 0 radical (unpaired) electrons. The standard InChI is InChI=1S/C23H21N3O2S/c1-2-26-17-22(29(27,28)25-19-13-7-4-8-14-19)23(20-15-9-10-16-21(20)26)24-18-11-5-3-6-12-18/h3-17,25H,2H2,1H3. The van der Waals surface area contributed by atoms with Crippen LogP contribution in [0.2, 0.25) is 0 Å². The van der Waals surface area contributed by atoms with Gasteiger partial charge in [-0.05, 0) is 37.3 Å². The Morgan fingerprint density at radius 2 is 1.48 bits per heavy atom. The molecule has 29 heavy (non-hydrogen) atoms. The highest BCUT2D eigenvalue weighted by molar-refractivity contribution is 7.92. The smallest absolute Gasteiger partial charge is 0.265 e. The minimum absolute atomic E-state index is 0.144. The van der Waals surface area contributed by atoms with E-state index in [4.69, 9.17) is 4.99 Å². The van der Waals surface area contributed by atoms with Crippen LogP contribution < -0.4 is 10.1 Å². The molecule has 0 bridgehead atoms. The number of hydrogen-bond acceptors (Lipinski definition) is 3. The van der Waals surface area contributed by atoms with Crippen LogP contribution in [0, 0.1) is 0 Å². The van der Waals surface area contributed by atoms with Crippen LogP contribution in [0.1, 0.15) is 6.92 Å². The Labute approximate surface area is 170 Å². The van der Waals surface area contributed by atoms with Crippen molar-refractivity contribution in [1.82, 2.24) is 4.57 Å². The molecule has 0 atom stereocenters. The summed E-state index contributed by atoms with van der Waals surface area (Å²) in [5, 5.41) is 1.22. The number of para-hydroxylation sites is 3. The van der Waals surface area contributed by atoms with Crippen molar-refractivity contribution in [2.45, 2.75) is 18.4 Å².